The number of nitrogens with zero attached hydrogens (tertiary/aromatic N) is 2. The molecule has 0 bridgehead atoms. The van der Waals surface area contributed by atoms with Crippen LogP contribution < -0.4 is 10.9 Å². The van der Waals surface area contributed by atoms with Gasteiger partial charge >= 0.3 is 0 Å². The van der Waals surface area contributed by atoms with Gasteiger partial charge in [-0.25, -0.2) is 4.68 Å². The van der Waals surface area contributed by atoms with Gasteiger partial charge in [-0.15, -0.1) is 0 Å². The molecule has 5 heteroatoms. The quantitative estimate of drug-likeness (QED) is 0.918. The molecular formula is C14H17N3OS. The summed E-state index contributed by atoms with van der Waals surface area (Å²) in [6.45, 7) is 1.43. The Bertz CT molecular complexity index is 619. The maximum absolute atomic E-state index is 12.2. The van der Waals surface area contributed by atoms with Crippen molar-refractivity contribution in [3.05, 3.63) is 40.8 Å². The van der Waals surface area contributed by atoms with Gasteiger partial charge in [0.15, 0.2) is 0 Å². The van der Waals surface area contributed by atoms with E-state index in [1.807, 2.05) is 36.0 Å². The van der Waals surface area contributed by atoms with Crippen LogP contribution in [0, 0.1) is 0 Å². The van der Waals surface area contributed by atoms with Crippen LogP contribution in [0.25, 0.3) is 10.8 Å². The number of thioether (sulfide) groups is 1. The minimum atomic E-state index is 0.000645. The van der Waals surface area contributed by atoms with E-state index in [0.717, 1.165) is 17.3 Å². The molecule has 1 aromatic heterocycles. The maximum Gasteiger partial charge on any atom is 0.274 e. The second kappa shape index (κ2) is 5.75. The lowest BCUT2D eigenvalue weighted by atomic mass is 10.2. The molecule has 1 fully saturated rings. The molecule has 0 aliphatic carbocycles. The number of rotatable bonds is 4. The van der Waals surface area contributed by atoms with Crippen LogP contribution in [0.5, 0.6) is 0 Å². The molecular weight excluding hydrogens is 258 g/mol. The number of aromatic nitrogens is 2. The summed E-state index contributed by atoms with van der Waals surface area (Å²) in [4.78, 5) is 12.2. The number of nitrogens with one attached hydrogen (secondary N) is 1. The van der Waals surface area contributed by atoms with E-state index in [1.54, 1.807) is 10.9 Å². The van der Waals surface area contributed by atoms with E-state index >= 15 is 0 Å². The molecule has 2 heterocycles. The van der Waals surface area contributed by atoms with E-state index in [1.165, 1.54) is 17.9 Å². The molecule has 1 aliphatic rings. The SMILES string of the molecule is O=c1c2ccccc2cnn1CCN[C@H]1CCSC1. The molecule has 3 rings (SSSR count). The third-order valence-electron chi connectivity index (χ3n) is 3.45. The summed E-state index contributed by atoms with van der Waals surface area (Å²) in [5.74, 6) is 2.42. The average molecular weight is 275 g/mol. The Morgan fingerprint density at radius 1 is 1.42 bits per heavy atom. The lowest BCUT2D eigenvalue weighted by Crippen LogP contribution is -2.34. The first-order chi connectivity index (χ1) is 9.34. The van der Waals surface area contributed by atoms with Crippen LogP contribution in [-0.2, 0) is 6.54 Å². The van der Waals surface area contributed by atoms with Crippen molar-refractivity contribution < 1.29 is 0 Å². The van der Waals surface area contributed by atoms with Gasteiger partial charge < -0.3 is 5.32 Å². The molecule has 0 unspecified atom stereocenters. The number of fused-ring (bicyclic) bond motifs is 1. The zero-order valence-corrected chi connectivity index (χ0v) is 11.5. The molecule has 0 amide bonds. The molecule has 0 saturated carbocycles. The van der Waals surface area contributed by atoms with E-state index in [9.17, 15) is 4.79 Å². The smallest absolute Gasteiger partial charge is 0.274 e. The highest BCUT2D eigenvalue weighted by molar-refractivity contribution is 7.99. The van der Waals surface area contributed by atoms with Gasteiger partial charge in [0, 0.05) is 23.7 Å². The first-order valence-electron chi connectivity index (χ1n) is 6.60. The molecule has 1 aromatic carbocycles. The van der Waals surface area contributed by atoms with E-state index in [-0.39, 0.29) is 5.56 Å². The fourth-order valence-electron chi connectivity index (χ4n) is 2.36. The van der Waals surface area contributed by atoms with Crippen molar-refractivity contribution in [2.24, 2.45) is 0 Å². The molecule has 1 aliphatic heterocycles. The number of hydrogen-bond acceptors (Lipinski definition) is 4. The predicted molar refractivity (Wildman–Crippen MR) is 79.7 cm³/mol. The van der Waals surface area contributed by atoms with Crippen molar-refractivity contribution in [3.8, 4) is 0 Å². The molecule has 1 atom stereocenters. The minimum Gasteiger partial charge on any atom is -0.311 e. The van der Waals surface area contributed by atoms with Gasteiger partial charge in [-0.3, -0.25) is 4.79 Å². The van der Waals surface area contributed by atoms with Crippen molar-refractivity contribution in [1.29, 1.82) is 0 Å². The van der Waals surface area contributed by atoms with E-state index < -0.39 is 0 Å². The Kier molecular flexibility index (Phi) is 3.84. The highest BCUT2D eigenvalue weighted by Gasteiger charge is 2.14. The van der Waals surface area contributed by atoms with Crippen molar-refractivity contribution in [2.45, 2.75) is 19.0 Å². The second-order valence-electron chi connectivity index (χ2n) is 4.77. The van der Waals surface area contributed by atoms with E-state index in [4.69, 9.17) is 0 Å². The monoisotopic (exact) mass is 275 g/mol. The maximum atomic E-state index is 12.2. The summed E-state index contributed by atoms with van der Waals surface area (Å²) in [5.41, 5.74) is 0.000645. The standard InChI is InChI=1S/C14H17N3OS/c18-14-13-4-2-1-3-11(13)9-16-17(14)7-6-15-12-5-8-19-10-12/h1-4,9,12,15H,5-8,10H2/t12-/m0/s1. The normalized spacial score (nSPS) is 19.1. The topological polar surface area (TPSA) is 46.9 Å². The summed E-state index contributed by atoms with van der Waals surface area (Å²) in [7, 11) is 0. The van der Waals surface area contributed by atoms with Gasteiger partial charge in [-0.05, 0) is 18.2 Å². The molecule has 1 N–H and O–H groups in total. The molecule has 1 saturated heterocycles. The van der Waals surface area contributed by atoms with Crippen LogP contribution >= 0.6 is 11.8 Å². The highest BCUT2D eigenvalue weighted by Crippen LogP contribution is 2.16. The van der Waals surface area contributed by atoms with Crippen LogP contribution in [0.15, 0.2) is 35.3 Å². The van der Waals surface area contributed by atoms with Crippen LogP contribution in [0.3, 0.4) is 0 Å². The Balaban J connectivity index is 1.70. The Labute approximate surface area is 116 Å². The molecule has 19 heavy (non-hydrogen) atoms. The highest BCUT2D eigenvalue weighted by atomic mass is 32.2. The lowest BCUT2D eigenvalue weighted by molar-refractivity contribution is 0.490. The average Bonchev–Trinajstić information content (AvgIpc) is 2.95. The van der Waals surface area contributed by atoms with Gasteiger partial charge in [0.25, 0.3) is 5.56 Å². The summed E-state index contributed by atoms with van der Waals surface area (Å²) in [6, 6.07) is 8.19. The Morgan fingerprint density at radius 3 is 3.16 bits per heavy atom. The van der Waals surface area contributed by atoms with Gasteiger partial charge in [0.1, 0.15) is 0 Å². The van der Waals surface area contributed by atoms with Crippen molar-refractivity contribution in [1.82, 2.24) is 15.1 Å². The van der Waals surface area contributed by atoms with E-state index in [0.29, 0.717) is 12.6 Å². The summed E-state index contributed by atoms with van der Waals surface area (Å²) in [6.07, 6.45) is 2.99. The molecule has 0 radical (unpaired) electrons. The zero-order valence-electron chi connectivity index (χ0n) is 10.7. The van der Waals surface area contributed by atoms with Crippen molar-refractivity contribution >= 4 is 22.5 Å². The Morgan fingerprint density at radius 2 is 2.32 bits per heavy atom. The molecule has 4 nitrogen and oxygen atoms in total. The minimum absolute atomic E-state index is 0.000645. The fourth-order valence-corrected chi connectivity index (χ4v) is 3.54. The van der Waals surface area contributed by atoms with Crippen LogP contribution in [-0.4, -0.2) is 33.9 Å². The van der Waals surface area contributed by atoms with Crippen molar-refractivity contribution in [2.75, 3.05) is 18.1 Å². The number of benzene rings is 1. The first kappa shape index (κ1) is 12.7. The summed E-state index contributed by atoms with van der Waals surface area (Å²) < 4.78 is 1.55. The zero-order chi connectivity index (χ0) is 13.1. The third-order valence-corrected chi connectivity index (χ3v) is 4.61. The largest absolute Gasteiger partial charge is 0.311 e. The van der Waals surface area contributed by atoms with Gasteiger partial charge in [-0.1, -0.05) is 18.2 Å². The summed E-state index contributed by atoms with van der Waals surface area (Å²) in [5, 5.41) is 9.37. The molecule has 2 aromatic rings. The van der Waals surface area contributed by atoms with Crippen LogP contribution in [0.1, 0.15) is 6.42 Å². The van der Waals surface area contributed by atoms with Gasteiger partial charge in [-0.2, -0.15) is 16.9 Å². The van der Waals surface area contributed by atoms with Gasteiger partial charge in [0.2, 0.25) is 0 Å². The van der Waals surface area contributed by atoms with E-state index in [2.05, 4.69) is 10.4 Å². The number of hydrogen-bond donors (Lipinski definition) is 1. The first-order valence-corrected chi connectivity index (χ1v) is 7.76. The van der Waals surface area contributed by atoms with Crippen LogP contribution in [0.2, 0.25) is 0 Å². The Hall–Kier alpha value is -1.33. The predicted octanol–water partition coefficient (Wildman–Crippen LogP) is 1.49. The summed E-state index contributed by atoms with van der Waals surface area (Å²) >= 11 is 1.99. The van der Waals surface area contributed by atoms with Crippen molar-refractivity contribution in [3.63, 3.8) is 0 Å². The fraction of sp³-hybridized carbons (Fsp3) is 0.429. The van der Waals surface area contributed by atoms with Crippen LogP contribution in [0.4, 0.5) is 0 Å². The lowest BCUT2D eigenvalue weighted by Gasteiger charge is -2.11. The third kappa shape index (κ3) is 2.82. The molecule has 100 valence electrons. The van der Waals surface area contributed by atoms with Gasteiger partial charge in [0.05, 0.1) is 18.1 Å². The molecule has 0 spiro atoms. The second-order valence-corrected chi connectivity index (χ2v) is 5.92.